The molecule has 2 N–H and O–H groups in total. The molecule has 2 aromatic rings. The van der Waals surface area contributed by atoms with Gasteiger partial charge in [-0.25, -0.2) is 18.6 Å². The first-order valence-corrected chi connectivity index (χ1v) is 18.8. The van der Waals surface area contributed by atoms with Gasteiger partial charge in [-0.05, 0) is 52.9 Å². The maximum absolute atomic E-state index is 14.1. The molecule has 4 aliphatic rings. The van der Waals surface area contributed by atoms with Gasteiger partial charge in [0.1, 0.15) is 18.1 Å². The number of hydrogen-bond donors (Lipinski definition) is 2. The fourth-order valence-electron chi connectivity index (χ4n) is 7.77. The number of ether oxygens (including phenoxy) is 1. The lowest BCUT2D eigenvalue weighted by molar-refractivity contribution is -0.141. The van der Waals surface area contributed by atoms with Gasteiger partial charge in [0.05, 0.1) is 30.7 Å². The van der Waals surface area contributed by atoms with Gasteiger partial charge in [0.15, 0.2) is 0 Å². The zero-order valence-electron chi connectivity index (χ0n) is 31.8. The van der Waals surface area contributed by atoms with Gasteiger partial charge in [0, 0.05) is 94.6 Å². The predicted octanol–water partition coefficient (Wildman–Crippen LogP) is 5.38. The Labute approximate surface area is 318 Å². The predicted molar refractivity (Wildman–Crippen MR) is 200 cm³/mol. The third-order valence-corrected chi connectivity index (χ3v) is 10.8. The van der Waals surface area contributed by atoms with Crippen molar-refractivity contribution >= 4 is 40.8 Å². The van der Waals surface area contributed by atoms with Gasteiger partial charge in [-0.3, -0.25) is 14.6 Å². The SMILES string of the molecule is COc1cc(N2CCC(N3CCN(C)CC3)CC2)c(NC(=O)/C=C/CN(C)C)cc1Nc1ncc2c(n1)N(C1CCC(F)(F)CC1)C(=O)N(CC(F)(F)F)C2. The largest absolute Gasteiger partial charge is 0.494 e. The summed E-state index contributed by atoms with van der Waals surface area (Å²) < 4.78 is 74.5. The molecule has 1 aromatic heterocycles. The Balaban J connectivity index is 1.29. The Hall–Kier alpha value is -4.29. The minimum Gasteiger partial charge on any atom is -0.494 e. The second-order valence-corrected chi connectivity index (χ2v) is 15.2. The van der Waals surface area contributed by atoms with E-state index in [1.165, 1.54) is 19.4 Å². The number of carbonyl (C=O) groups excluding carboxylic acids is 2. The van der Waals surface area contributed by atoms with Crippen molar-refractivity contribution in [1.82, 2.24) is 29.6 Å². The zero-order chi connectivity index (χ0) is 39.5. The third kappa shape index (κ3) is 10.1. The van der Waals surface area contributed by atoms with E-state index in [2.05, 4.69) is 42.3 Å². The summed E-state index contributed by atoms with van der Waals surface area (Å²) in [6.45, 7) is 4.37. The molecule has 0 radical (unpaired) electrons. The number of alkyl halides is 5. The molecule has 0 unspecified atom stereocenters. The lowest BCUT2D eigenvalue weighted by atomic mass is 9.90. The molecular weight excluding hydrogens is 727 g/mol. The summed E-state index contributed by atoms with van der Waals surface area (Å²) in [6.07, 6.45) is 0.632. The first-order valence-electron chi connectivity index (χ1n) is 18.8. The topological polar surface area (TPSA) is 113 Å². The summed E-state index contributed by atoms with van der Waals surface area (Å²) >= 11 is 0. The summed E-state index contributed by atoms with van der Waals surface area (Å²) in [7, 11) is 7.45. The van der Waals surface area contributed by atoms with Crippen LogP contribution in [-0.4, -0.2) is 146 Å². The molecule has 302 valence electrons. The summed E-state index contributed by atoms with van der Waals surface area (Å²) in [6, 6.07) is 2.30. The lowest BCUT2D eigenvalue weighted by Gasteiger charge is -2.43. The number of urea groups is 1. The molecule has 6 rings (SSSR count). The molecule has 3 fully saturated rings. The van der Waals surface area contributed by atoms with E-state index in [9.17, 15) is 31.5 Å². The van der Waals surface area contributed by atoms with Crippen LogP contribution in [0.2, 0.25) is 0 Å². The van der Waals surface area contributed by atoms with Crippen molar-refractivity contribution in [2.24, 2.45) is 0 Å². The highest BCUT2D eigenvalue weighted by molar-refractivity contribution is 6.02. The quantitative estimate of drug-likeness (QED) is 0.228. The minimum absolute atomic E-state index is 0.00385. The Bertz CT molecular complexity index is 1700. The van der Waals surface area contributed by atoms with Crippen molar-refractivity contribution in [3.8, 4) is 5.75 Å². The monoisotopic (exact) mass is 778 g/mol. The molecule has 13 nitrogen and oxygen atoms in total. The highest BCUT2D eigenvalue weighted by atomic mass is 19.4. The number of fused-ring (bicyclic) bond motifs is 1. The van der Waals surface area contributed by atoms with Gasteiger partial charge in [-0.1, -0.05) is 6.08 Å². The van der Waals surface area contributed by atoms with E-state index in [1.54, 1.807) is 12.1 Å². The smallest absolute Gasteiger partial charge is 0.406 e. The van der Waals surface area contributed by atoms with E-state index in [0.29, 0.717) is 34.6 Å². The second-order valence-electron chi connectivity index (χ2n) is 15.2. The minimum atomic E-state index is -4.67. The molecule has 1 aromatic carbocycles. The van der Waals surface area contributed by atoms with Gasteiger partial charge in [-0.15, -0.1) is 0 Å². The van der Waals surface area contributed by atoms with E-state index < -0.39 is 50.1 Å². The number of halogens is 5. The Morgan fingerprint density at radius 1 is 1.02 bits per heavy atom. The molecule has 0 atom stereocenters. The molecule has 4 heterocycles. The van der Waals surface area contributed by atoms with E-state index in [4.69, 9.17) is 4.74 Å². The number of piperidine rings is 1. The van der Waals surface area contributed by atoms with Gasteiger partial charge in [0.25, 0.3) is 0 Å². The molecule has 0 spiro atoms. The van der Waals surface area contributed by atoms with E-state index >= 15 is 0 Å². The molecule has 1 aliphatic carbocycles. The van der Waals surface area contributed by atoms with Crippen LogP contribution in [0.4, 0.5) is 55.6 Å². The van der Waals surface area contributed by atoms with E-state index in [1.807, 2.05) is 25.1 Å². The Morgan fingerprint density at radius 2 is 1.71 bits per heavy atom. The van der Waals surface area contributed by atoms with Gasteiger partial charge in [0.2, 0.25) is 17.8 Å². The standard InChI is InChI=1S/C37H51F5N10O3/c1-47(2)13-5-6-32(53)44-28-20-29(31(55-4)21-30(28)50-14-9-26(10-15-50)49-18-16-48(3)17-19-49)45-34-43-22-25-23-51(24-37(40,41)42)35(54)52(33(25)46-34)27-7-11-36(38,39)12-8-27/h5-6,20-22,26-27H,7-19,23-24H2,1-4H3,(H,44,53)(H,43,45,46)/b6-5+. The van der Waals surface area contributed by atoms with Crippen LogP contribution in [0.25, 0.3) is 0 Å². The van der Waals surface area contributed by atoms with Gasteiger partial charge < -0.3 is 35.0 Å². The summed E-state index contributed by atoms with van der Waals surface area (Å²) in [5.74, 6) is -2.76. The van der Waals surface area contributed by atoms with Gasteiger partial charge in [-0.2, -0.15) is 18.2 Å². The van der Waals surface area contributed by atoms with E-state index in [-0.39, 0.29) is 36.1 Å². The molecule has 1 saturated carbocycles. The molecule has 3 aliphatic heterocycles. The molecule has 2 saturated heterocycles. The van der Waals surface area contributed by atoms with Crippen molar-refractivity contribution in [2.45, 2.75) is 69.3 Å². The van der Waals surface area contributed by atoms with Crippen molar-refractivity contribution < 1.29 is 36.3 Å². The molecule has 3 amide bonds. The number of amides is 3. The number of methoxy groups -OCH3 is 1. The molecule has 18 heteroatoms. The first-order chi connectivity index (χ1) is 26.1. The fraction of sp³-hybridized carbons (Fsp3) is 0.622. The van der Waals surface area contributed by atoms with Crippen molar-refractivity contribution in [2.75, 3.05) is 101 Å². The van der Waals surface area contributed by atoms with Crippen LogP contribution in [0, 0.1) is 0 Å². The number of benzene rings is 1. The molecule has 55 heavy (non-hydrogen) atoms. The average Bonchev–Trinajstić information content (AvgIpc) is 3.12. The van der Waals surface area contributed by atoms with E-state index in [0.717, 1.165) is 62.7 Å². The number of nitrogens with zero attached hydrogens (tertiary/aromatic N) is 8. The normalized spacial score (nSPS) is 20.7. The van der Waals surface area contributed by atoms with Crippen LogP contribution >= 0.6 is 0 Å². The maximum atomic E-state index is 14.1. The van der Waals surface area contributed by atoms with Crippen LogP contribution < -0.4 is 25.2 Å². The first kappa shape index (κ1) is 40.4. The highest BCUT2D eigenvalue weighted by Gasteiger charge is 2.45. The van der Waals surface area contributed by atoms with Crippen LogP contribution in [0.3, 0.4) is 0 Å². The zero-order valence-corrected chi connectivity index (χ0v) is 31.8. The Kier molecular flexibility index (Phi) is 12.4. The fourth-order valence-corrected chi connectivity index (χ4v) is 7.77. The van der Waals surface area contributed by atoms with Gasteiger partial charge >= 0.3 is 12.2 Å². The summed E-state index contributed by atoms with van der Waals surface area (Å²) in [4.78, 5) is 46.5. The highest BCUT2D eigenvalue weighted by Crippen LogP contribution is 2.42. The molecule has 0 bridgehead atoms. The van der Waals surface area contributed by atoms with Crippen LogP contribution in [0.5, 0.6) is 5.75 Å². The lowest BCUT2D eigenvalue weighted by Crippen LogP contribution is -2.55. The Morgan fingerprint density at radius 3 is 2.35 bits per heavy atom. The van der Waals surface area contributed by atoms with Crippen molar-refractivity contribution in [3.05, 3.63) is 36.0 Å². The van der Waals surface area contributed by atoms with Crippen LogP contribution in [-0.2, 0) is 11.3 Å². The molecular formula is C37H51F5N10O3. The number of carbonyl (C=O) groups is 2. The van der Waals surface area contributed by atoms with Crippen molar-refractivity contribution in [1.29, 1.82) is 0 Å². The average molecular weight is 779 g/mol. The number of rotatable bonds is 11. The van der Waals surface area contributed by atoms with Crippen molar-refractivity contribution in [3.63, 3.8) is 0 Å². The number of anilines is 5. The summed E-state index contributed by atoms with van der Waals surface area (Å²) in [5, 5.41) is 6.15. The number of hydrogen-bond acceptors (Lipinski definition) is 10. The number of aromatic nitrogens is 2. The van der Waals surface area contributed by atoms with Crippen LogP contribution in [0.15, 0.2) is 30.5 Å². The number of likely N-dealkylation sites (N-methyl/N-ethyl adjacent to an activating group) is 2. The summed E-state index contributed by atoms with van der Waals surface area (Å²) in [5.41, 5.74) is 1.93. The number of nitrogens with one attached hydrogen (secondary N) is 2. The maximum Gasteiger partial charge on any atom is 0.406 e. The third-order valence-electron chi connectivity index (χ3n) is 10.8. The second kappa shape index (κ2) is 16.8. The number of piperazine rings is 1. The van der Waals surface area contributed by atoms with Crippen LogP contribution in [0.1, 0.15) is 44.1 Å².